The number of amides is 1. The third-order valence-corrected chi connectivity index (χ3v) is 4.60. The van der Waals surface area contributed by atoms with E-state index in [0.29, 0.717) is 13.0 Å². The van der Waals surface area contributed by atoms with Crippen molar-refractivity contribution in [2.24, 2.45) is 0 Å². The molecule has 3 nitrogen and oxygen atoms in total. The van der Waals surface area contributed by atoms with Crippen LogP contribution < -0.4 is 10.6 Å². The zero-order chi connectivity index (χ0) is 16.1. The molecule has 2 aromatic rings. The van der Waals surface area contributed by atoms with Crippen LogP contribution in [-0.2, 0) is 4.79 Å². The number of benzene rings is 2. The van der Waals surface area contributed by atoms with Gasteiger partial charge in [0.2, 0.25) is 5.91 Å². The second kappa shape index (κ2) is 7.45. The molecule has 0 heterocycles. The average Bonchev–Trinajstić information content (AvgIpc) is 2.47. The summed E-state index contributed by atoms with van der Waals surface area (Å²) in [7, 11) is 0. The van der Waals surface area contributed by atoms with E-state index >= 15 is 0 Å². The molecule has 0 atom stereocenters. The van der Waals surface area contributed by atoms with E-state index in [2.05, 4.69) is 46.5 Å². The summed E-state index contributed by atoms with van der Waals surface area (Å²) in [4.78, 5) is 12.0. The van der Waals surface area contributed by atoms with E-state index in [4.69, 9.17) is 0 Å². The lowest BCUT2D eigenvalue weighted by atomic mass is 10.1. The van der Waals surface area contributed by atoms with Crippen molar-refractivity contribution in [3.05, 3.63) is 57.6 Å². The lowest BCUT2D eigenvalue weighted by Crippen LogP contribution is -2.16. The zero-order valence-electron chi connectivity index (χ0n) is 13.2. The second-order valence-corrected chi connectivity index (χ2v) is 6.29. The van der Waals surface area contributed by atoms with Gasteiger partial charge in [-0.05, 0) is 61.7 Å². The minimum absolute atomic E-state index is 0.0135. The van der Waals surface area contributed by atoms with E-state index in [1.165, 1.54) is 11.1 Å². The summed E-state index contributed by atoms with van der Waals surface area (Å²) >= 11 is 3.45. The van der Waals surface area contributed by atoms with Gasteiger partial charge < -0.3 is 10.6 Å². The Labute approximate surface area is 140 Å². The molecule has 22 heavy (non-hydrogen) atoms. The highest BCUT2D eigenvalue weighted by atomic mass is 79.9. The van der Waals surface area contributed by atoms with Crippen molar-refractivity contribution in [1.82, 2.24) is 0 Å². The molecule has 4 heteroatoms. The minimum Gasteiger partial charge on any atom is -0.384 e. The van der Waals surface area contributed by atoms with Gasteiger partial charge in [-0.15, -0.1) is 0 Å². The summed E-state index contributed by atoms with van der Waals surface area (Å²) in [6.45, 7) is 6.79. The lowest BCUT2D eigenvalue weighted by molar-refractivity contribution is -0.115. The maximum Gasteiger partial charge on any atom is 0.226 e. The summed E-state index contributed by atoms with van der Waals surface area (Å²) in [6, 6.07) is 11.9. The smallest absolute Gasteiger partial charge is 0.226 e. The van der Waals surface area contributed by atoms with Crippen molar-refractivity contribution >= 4 is 33.2 Å². The molecule has 0 saturated carbocycles. The summed E-state index contributed by atoms with van der Waals surface area (Å²) in [6.07, 6.45) is 0.433. The molecule has 0 aliphatic heterocycles. The maximum atomic E-state index is 12.0. The van der Waals surface area contributed by atoms with Gasteiger partial charge in [0.05, 0.1) is 0 Å². The first-order valence-electron chi connectivity index (χ1n) is 7.33. The predicted octanol–water partition coefficient (Wildman–Crippen LogP) is 4.82. The number of anilines is 2. The van der Waals surface area contributed by atoms with Gasteiger partial charge in [-0.3, -0.25) is 4.79 Å². The molecular weight excluding hydrogens is 340 g/mol. The Kier molecular flexibility index (Phi) is 5.61. The van der Waals surface area contributed by atoms with Crippen LogP contribution in [0.3, 0.4) is 0 Å². The molecule has 2 rings (SSSR count). The van der Waals surface area contributed by atoms with Gasteiger partial charge in [0, 0.05) is 28.8 Å². The van der Waals surface area contributed by atoms with Crippen molar-refractivity contribution in [2.75, 3.05) is 17.2 Å². The van der Waals surface area contributed by atoms with Crippen LogP contribution in [0.15, 0.2) is 40.9 Å². The highest BCUT2D eigenvalue weighted by Crippen LogP contribution is 2.20. The monoisotopic (exact) mass is 360 g/mol. The van der Waals surface area contributed by atoms with Crippen LogP contribution in [0.2, 0.25) is 0 Å². The number of carbonyl (C=O) groups is 1. The predicted molar refractivity (Wildman–Crippen MR) is 96.5 cm³/mol. The summed E-state index contributed by atoms with van der Waals surface area (Å²) in [5.41, 5.74) is 5.50. The first-order valence-corrected chi connectivity index (χ1v) is 8.13. The Morgan fingerprint density at radius 1 is 1.09 bits per heavy atom. The molecule has 2 N–H and O–H groups in total. The number of carbonyl (C=O) groups excluding carboxylic acids is 1. The van der Waals surface area contributed by atoms with Crippen LogP contribution in [0.4, 0.5) is 11.4 Å². The molecular formula is C18H21BrN2O. The summed E-state index contributed by atoms with van der Waals surface area (Å²) in [5.74, 6) is 0.0135. The molecule has 0 radical (unpaired) electrons. The van der Waals surface area contributed by atoms with Gasteiger partial charge in [0.15, 0.2) is 0 Å². The highest BCUT2D eigenvalue weighted by molar-refractivity contribution is 9.10. The molecule has 2 aromatic carbocycles. The summed E-state index contributed by atoms with van der Waals surface area (Å²) < 4.78 is 1.04. The Hall–Kier alpha value is -1.81. The van der Waals surface area contributed by atoms with E-state index in [0.717, 1.165) is 21.4 Å². The van der Waals surface area contributed by atoms with Crippen molar-refractivity contribution < 1.29 is 4.79 Å². The fraction of sp³-hybridized carbons (Fsp3) is 0.278. The Morgan fingerprint density at radius 3 is 2.59 bits per heavy atom. The highest BCUT2D eigenvalue weighted by Gasteiger charge is 2.05. The van der Waals surface area contributed by atoms with Gasteiger partial charge >= 0.3 is 0 Å². The van der Waals surface area contributed by atoms with Crippen LogP contribution in [0.5, 0.6) is 0 Å². The third-order valence-electron chi connectivity index (χ3n) is 3.71. The molecule has 0 spiro atoms. The molecule has 0 unspecified atom stereocenters. The second-order valence-electron chi connectivity index (χ2n) is 5.44. The van der Waals surface area contributed by atoms with Crippen LogP contribution >= 0.6 is 15.9 Å². The van der Waals surface area contributed by atoms with E-state index in [9.17, 15) is 4.79 Å². The number of hydrogen-bond donors (Lipinski definition) is 2. The standard InChI is InChI=1S/C18H21BrN2O/c1-12-5-4-6-17(14(12)3)20-10-9-18(22)21-15-7-8-16(19)13(2)11-15/h4-8,11,20H,9-10H2,1-3H3,(H,21,22). The molecule has 116 valence electrons. The van der Waals surface area contributed by atoms with Crippen molar-refractivity contribution in [2.45, 2.75) is 27.2 Å². The Balaban J connectivity index is 1.85. The number of halogens is 1. The zero-order valence-corrected chi connectivity index (χ0v) is 14.8. The van der Waals surface area contributed by atoms with Gasteiger partial charge in [-0.2, -0.15) is 0 Å². The minimum atomic E-state index is 0.0135. The van der Waals surface area contributed by atoms with Gasteiger partial charge in [0.25, 0.3) is 0 Å². The molecule has 0 aromatic heterocycles. The number of hydrogen-bond acceptors (Lipinski definition) is 2. The topological polar surface area (TPSA) is 41.1 Å². The van der Waals surface area contributed by atoms with Gasteiger partial charge in [-0.1, -0.05) is 28.1 Å². The van der Waals surface area contributed by atoms with Crippen LogP contribution in [0.1, 0.15) is 23.1 Å². The maximum absolute atomic E-state index is 12.0. The van der Waals surface area contributed by atoms with Gasteiger partial charge in [-0.25, -0.2) is 0 Å². The quantitative estimate of drug-likeness (QED) is 0.802. The van der Waals surface area contributed by atoms with Crippen LogP contribution in [0.25, 0.3) is 0 Å². The van der Waals surface area contributed by atoms with E-state index in [-0.39, 0.29) is 5.91 Å². The molecule has 0 bridgehead atoms. The first-order chi connectivity index (χ1) is 10.5. The molecule has 0 aliphatic rings. The Morgan fingerprint density at radius 2 is 1.86 bits per heavy atom. The molecule has 1 amide bonds. The molecule has 0 saturated heterocycles. The first kappa shape index (κ1) is 16.6. The van der Waals surface area contributed by atoms with Crippen LogP contribution in [-0.4, -0.2) is 12.5 Å². The average molecular weight is 361 g/mol. The van der Waals surface area contributed by atoms with Gasteiger partial charge in [0.1, 0.15) is 0 Å². The van der Waals surface area contributed by atoms with Crippen molar-refractivity contribution in [3.8, 4) is 0 Å². The number of aryl methyl sites for hydroxylation is 2. The lowest BCUT2D eigenvalue weighted by Gasteiger charge is -2.11. The number of rotatable bonds is 5. The van der Waals surface area contributed by atoms with Crippen molar-refractivity contribution in [3.63, 3.8) is 0 Å². The Bertz CT molecular complexity index is 683. The fourth-order valence-corrected chi connectivity index (χ4v) is 2.45. The van der Waals surface area contributed by atoms with E-state index < -0.39 is 0 Å². The molecule has 0 aliphatic carbocycles. The van der Waals surface area contributed by atoms with Crippen LogP contribution in [0, 0.1) is 20.8 Å². The number of nitrogens with one attached hydrogen (secondary N) is 2. The fourth-order valence-electron chi connectivity index (χ4n) is 2.20. The normalized spacial score (nSPS) is 10.4. The largest absolute Gasteiger partial charge is 0.384 e. The van der Waals surface area contributed by atoms with Crippen molar-refractivity contribution in [1.29, 1.82) is 0 Å². The van der Waals surface area contributed by atoms with E-state index in [1.807, 2.05) is 37.3 Å². The SMILES string of the molecule is Cc1cc(NC(=O)CCNc2cccc(C)c2C)ccc1Br. The third kappa shape index (κ3) is 4.34. The summed E-state index contributed by atoms with van der Waals surface area (Å²) in [5, 5.41) is 6.25. The van der Waals surface area contributed by atoms with E-state index in [1.54, 1.807) is 0 Å². The molecule has 0 fully saturated rings.